The lowest BCUT2D eigenvalue weighted by atomic mass is 10.0. The molecule has 0 saturated heterocycles. The van der Waals surface area contributed by atoms with E-state index in [0.717, 1.165) is 10.9 Å². The molecule has 2 aromatic carbocycles. The highest BCUT2D eigenvalue weighted by atomic mass is 16.6. The van der Waals surface area contributed by atoms with Crippen LogP contribution in [0.5, 0.6) is 0 Å². The molecule has 196 valence electrons. The van der Waals surface area contributed by atoms with Gasteiger partial charge in [0.25, 0.3) is 0 Å². The zero-order valence-corrected chi connectivity index (χ0v) is 21.3. The molecule has 0 fully saturated rings. The molecule has 0 saturated carbocycles. The van der Waals surface area contributed by atoms with Gasteiger partial charge >= 0.3 is 18.2 Å². The molecule has 3 aromatic rings. The van der Waals surface area contributed by atoms with Gasteiger partial charge in [-0.2, -0.15) is 0 Å². The van der Waals surface area contributed by atoms with Crippen LogP contribution in [0.15, 0.2) is 60.8 Å². The number of carbonyl (C=O) groups excluding carboxylic acids is 4. The fraction of sp³-hybridized carbons (Fsp3) is 0.333. The Balaban J connectivity index is 1.67. The van der Waals surface area contributed by atoms with Crippen LogP contribution < -0.4 is 10.6 Å². The molecular weight excluding hydrogens is 478 g/mol. The van der Waals surface area contributed by atoms with Crippen LogP contribution in [-0.2, 0) is 36.8 Å². The standard InChI is InChI=1S/C27H31N3O7/c1-27(2,3)37-26(34)30-16-19(20-12-8-9-13-22(20)30)14-21(24(32)35-4)29-23(31)15-28-25(33)36-17-18-10-6-5-7-11-18/h5-13,16,21H,14-15,17H2,1-4H3,(H,28,33)(H,29,31)/t21-/m1/s1. The molecule has 1 heterocycles. The number of benzene rings is 2. The van der Waals surface area contributed by atoms with Crippen LogP contribution in [0, 0.1) is 0 Å². The van der Waals surface area contributed by atoms with E-state index in [4.69, 9.17) is 14.2 Å². The Morgan fingerprint density at radius 2 is 1.65 bits per heavy atom. The highest BCUT2D eigenvalue weighted by Gasteiger charge is 2.26. The van der Waals surface area contributed by atoms with Crippen molar-refractivity contribution in [2.24, 2.45) is 0 Å². The number of esters is 1. The van der Waals surface area contributed by atoms with E-state index in [0.29, 0.717) is 11.1 Å². The van der Waals surface area contributed by atoms with E-state index >= 15 is 0 Å². The number of para-hydroxylation sites is 1. The fourth-order valence-electron chi connectivity index (χ4n) is 3.60. The van der Waals surface area contributed by atoms with Crippen molar-refractivity contribution in [1.29, 1.82) is 0 Å². The first kappa shape index (κ1) is 27.3. The van der Waals surface area contributed by atoms with Crippen molar-refractivity contribution in [3.05, 3.63) is 71.9 Å². The molecule has 0 bridgehead atoms. The number of methoxy groups -OCH3 is 1. The van der Waals surface area contributed by atoms with Crippen molar-refractivity contribution < 1.29 is 33.4 Å². The molecule has 1 aromatic heterocycles. The van der Waals surface area contributed by atoms with Crippen molar-refractivity contribution in [2.45, 2.75) is 45.4 Å². The van der Waals surface area contributed by atoms with Crippen LogP contribution in [-0.4, -0.2) is 53.9 Å². The molecule has 10 heteroatoms. The SMILES string of the molecule is COC(=O)[C@@H](Cc1cn(C(=O)OC(C)(C)C)c2ccccc12)NC(=O)CNC(=O)OCc1ccccc1. The minimum absolute atomic E-state index is 0.0488. The summed E-state index contributed by atoms with van der Waals surface area (Å²) < 4.78 is 16.8. The van der Waals surface area contributed by atoms with Crippen molar-refractivity contribution in [1.82, 2.24) is 15.2 Å². The van der Waals surface area contributed by atoms with Crippen LogP contribution in [0.25, 0.3) is 10.9 Å². The number of carbonyl (C=O) groups is 4. The second-order valence-electron chi connectivity index (χ2n) is 9.28. The van der Waals surface area contributed by atoms with Crippen LogP contribution >= 0.6 is 0 Å². The maximum Gasteiger partial charge on any atom is 0.419 e. The van der Waals surface area contributed by atoms with Gasteiger partial charge in [-0.25, -0.2) is 14.4 Å². The summed E-state index contributed by atoms with van der Waals surface area (Å²) in [5, 5.41) is 5.66. The molecule has 37 heavy (non-hydrogen) atoms. The van der Waals surface area contributed by atoms with E-state index in [1.54, 1.807) is 51.2 Å². The summed E-state index contributed by atoms with van der Waals surface area (Å²) in [7, 11) is 1.21. The summed E-state index contributed by atoms with van der Waals surface area (Å²) in [4.78, 5) is 49.7. The van der Waals surface area contributed by atoms with E-state index in [1.165, 1.54) is 11.7 Å². The molecular formula is C27H31N3O7. The number of aromatic nitrogens is 1. The zero-order chi connectivity index (χ0) is 27.0. The second-order valence-corrected chi connectivity index (χ2v) is 9.28. The zero-order valence-electron chi connectivity index (χ0n) is 21.3. The lowest BCUT2D eigenvalue weighted by Gasteiger charge is -2.19. The fourth-order valence-corrected chi connectivity index (χ4v) is 3.60. The molecule has 2 amide bonds. The van der Waals surface area contributed by atoms with Crippen molar-refractivity contribution in [3.8, 4) is 0 Å². The summed E-state index contributed by atoms with van der Waals surface area (Å²) in [6.45, 7) is 4.96. The van der Waals surface area contributed by atoms with Gasteiger partial charge in [-0.05, 0) is 38.0 Å². The Bertz CT molecular complexity index is 1260. The molecule has 0 aliphatic rings. The normalized spacial score (nSPS) is 11.9. The molecule has 0 aliphatic heterocycles. The molecule has 10 nitrogen and oxygen atoms in total. The summed E-state index contributed by atoms with van der Waals surface area (Å²) in [6.07, 6.45) is 0.300. The summed E-state index contributed by atoms with van der Waals surface area (Å²) in [5.41, 5.74) is 1.34. The minimum atomic E-state index is -1.06. The maximum absolute atomic E-state index is 12.8. The highest BCUT2D eigenvalue weighted by molar-refractivity contribution is 5.93. The topological polar surface area (TPSA) is 125 Å². The van der Waals surface area contributed by atoms with E-state index < -0.39 is 42.3 Å². The molecule has 1 atom stereocenters. The smallest absolute Gasteiger partial charge is 0.419 e. The number of ether oxygens (including phenoxy) is 3. The molecule has 0 spiro atoms. The molecule has 0 aliphatic carbocycles. The summed E-state index contributed by atoms with van der Waals surface area (Å²) >= 11 is 0. The maximum atomic E-state index is 12.8. The molecule has 0 unspecified atom stereocenters. The lowest BCUT2D eigenvalue weighted by molar-refractivity contribution is -0.144. The third kappa shape index (κ3) is 7.83. The van der Waals surface area contributed by atoms with Crippen LogP contribution in [0.4, 0.5) is 9.59 Å². The predicted octanol–water partition coefficient (Wildman–Crippen LogP) is 3.55. The third-order valence-electron chi connectivity index (χ3n) is 5.24. The molecule has 3 rings (SSSR count). The Morgan fingerprint density at radius 1 is 0.973 bits per heavy atom. The first-order chi connectivity index (χ1) is 17.6. The largest absolute Gasteiger partial charge is 0.467 e. The van der Waals surface area contributed by atoms with Crippen LogP contribution in [0.3, 0.4) is 0 Å². The number of rotatable bonds is 8. The van der Waals surface area contributed by atoms with Gasteiger partial charge in [-0.1, -0.05) is 48.5 Å². The average Bonchev–Trinajstić information content (AvgIpc) is 3.23. The van der Waals surface area contributed by atoms with Gasteiger partial charge in [0.05, 0.1) is 12.6 Å². The van der Waals surface area contributed by atoms with Gasteiger partial charge < -0.3 is 24.8 Å². The highest BCUT2D eigenvalue weighted by Crippen LogP contribution is 2.24. The monoisotopic (exact) mass is 509 g/mol. The van der Waals surface area contributed by atoms with Gasteiger partial charge in [0.1, 0.15) is 24.8 Å². The predicted molar refractivity (Wildman–Crippen MR) is 136 cm³/mol. The third-order valence-corrected chi connectivity index (χ3v) is 5.24. The Hall–Kier alpha value is -4.34. The first-order valence-electron chi connectivity index (χ1n) is 11.7. The number of nitrogens with one attached hydrogen (secondary N) is 2. The average molecular weight is 510 g/mol. The first-order valence-corrected chi connectivity index (χ1v) is 11.7. The number of hydrogen-bond donors (Lipinski definition) is 2. The second kappa shape index (κ2) is 12.1. The number of hydrogen-bond acceptors (Lipinski definition) is 7. The lowest BCUT2D eigenvalue weighted by Crippen LogP contribution is -2.47. The quantitative estimate of drug-likeness (QED) is 0.351. The van der Waals surface area contributed by atoms with Gasteiger partial charge in [0, 0.05) is 18.0 Å². The molecule has 0 radical (unpaired) electrons. The van der Waals surface area contributed by atoms with Gasteiger partial charge in [-0.15, -0.1) is 0 Å². The Morgan fingerprint density at radius 3 is 2.32 bits per heavy atom. The van der Waals surface area contributed by atoms with Crippen LogP contribution in [0.2, 0.25) is 0 Å². The number of amides is 2. The van der Waals surface area contributed by atoms with E-state index in [2.05, 4.69) is 10.6 Å². The van der Waals surface area contributed by atoms with Gasteiger partial charge in [0.15, 0.2) is 0 Å². The Labute approximate surface area is 214 Å². The van der Waals surface area contributed by atoms with E-state index in [1.807, 2.05) is 30.3 Å². The van der Waals surface area contributed by atoms with Crippen molar-refractivity contribution in [2.75, 3.05) is 13.7 Å². The van der Waals surface area contributed by atoms with Crippen molar-refractivity contribution >= 4 is 35.0 Å². The number of alkyl carbamates (subject to hydrolysis) is 1. The van der Waals surface area contributed by atoms with Gasteiger partial charge in [-0.3, -0.25) is 9.36 Å². The minimum Gasteiger partial charge on any atom is -0.467 e. The number of nitrogens with zero attached hydrogens (tertiary/aromatic N) is 1. The molecule has 2 N–H and O–H groups in total. The van der Waals surface area contributed by atoms with E-state index in [-0.39, 0.29) is 13.0 Å². The Kier molecular flexibility index (Phi) is 8.89. The number of fused-ring (bicyclic) bond motifs is 1. The van der Waals surface area contributed by atoms with Crippen molar-refractivity contribution in [3.63, 3.8) is 0 Å². The summed E-state index contributed by atoms with van der Waals surface area (Å²) in [6, 6.07) is 15.2. The van der Waals surface area contributed by atoms with E-state index in [9.17, 15) is 19.2 Å². The summed E-state index contributed by atoms with van der Waals surface area (Å²) in [5.74, 6) is -1.28. The van der Waals surface area contributed by atoms with Gasteiger partial charge in [0.2, 0.25) is 5.91 Å². The van der Waals surface area contributed by atoms with Crippen LogP contribution in [0.1, 0.15) is 31.9 Å².